The Labute approximate surface area is 126 Å². The summed E-state index contributed by atoms with van der Waals surface area (Å²) in [5.74, 6) is 0.315. The van der Waals surface area contributed by atoms with Crippen LogP contribution in [0.25, 0.3) is 0 Å². The Morgan fingerprint density at radius 2 is 2.14 bits per heavy atom. The van der Waals surface area contributed by atoms with E-state index >= 15 is 0 Å². The summed E-state index contributed by atoms with van der Waals surface area (Å²) in [6.45, 7) is 0.315. The topological polar surface area (TPSA) is 86.4 Å². The standard InChI is InChI=1S/C15H17N3O4/c1-22-11-7-5-10(6-8-11)9-17-15(21)18-12(14(19)20)3-2-4-13(18)16-17/h5-8,12H,2-4,9H2,1H3,(H,19,20)/t12-/m1/s1. The lowest BCUT2D eigenvalue weighted by Gasteiger charge is -2.19. The first-order valence-electron chi connectivity index (χ1n) is 7.14. The highest BCUT2D eigenvalue weighted by Gasteiger charge is 2.30. The van der Waals surface area contributed by atoms with Crippen molar-refractivity contribution in [3.63, 3.8) is 0 Å². The van der Waals surface area contributed by atoms with E-state index in [-0.39, 0.29) is 5.69 Å². The lowest BCUT2D eigenvalue weighted by atomic mass is 10.1. The number of rotatable bonds is 4. The van der Waals surface area contributed by atoms with E-state index in [4.69, 9.17) is 4.74 Å². The molecule has 116 valence electrons. The van der Waals surface area contributed by atoms with Crippen LogP contribution in [0.4, 0.5) is 0 Å². The van der Waals surface area contributed by atoms with Crippen LogP contribution in [0.5, 0.6) is 5.75 Å². The number of carboxylic acids is 1. The number of methoxy groups -OCH3 is 1. The predicted octanol–water partition coefficient (Wildman–Crippen LogP) is 1.06. The van der Waals surface area contributed by atoms with Crippen molar-refractivity contribution in [1.29, 1.82) is 0 Å². The maximum Gasteiger partial charge on any atom is 0.347 e. The minimum Gasteiger partial charge on any atom is -0.497 e. The zero-order valence-electron chi connectivity index (χ0n) is 12.2. The second kappa shape index (κ2) is 5.67. The molecular formula is C15H17N3O4. The first kappa shape index (κ1) is 14.4. The Hall–Kier alpha value is -2.57. The fourth-order valence-electron chi connectivity index (χ4n) is 2.77. The van der Waals surface area contributed by atoms with Crippen LogP contribution in [0.15, 0.2) is 29.1 Å². The van der Waals surface area contributed by atoms with Gasteiger partial charge in [-0.1, -0.05) is 12.1 Å². The molecule has 7 nitrogen and oxygen atoms in total. The van der Waals surface area contributed by atoms with Gasteiger partial charge in [0.15, 0.2) is 0 Å². The average Bonchev–Trinajstić information content (AvgIpc) is 2.84. The summed E-state index contributed by atoms with van der Waals surface area (Å²) in [6.07, 6.45) is 1.83. The van der Waals surface area contributed by atoms with Gasteiger partial charge in [-0.15, -0.1) is 0 Å². The lowest BCUT2D eigenvalue weighted by Crippen LogP contribution is -2.34. The third-order valence-electron chi connectivity index (χ3n) is 3.91. The molecule has 0 unspecified atom stereocenters. The Balaban J connectivity index is 1.92. The number of hydrogen-bond donors (Lipinski definition) is 1. The van der Waals surface area contributed by atoms with Crippen molar-refractivity contribution in [2.45, 2.75) is 31.8 Å². The van der Waals surface area contributed by atoms with Crippen molar-refractivity contribution >= 4 is 5.97 Å². The molecule has 1 aliphatic heterocycles. The number of nitrogens with zero attached hydrogens (tertiary/aromatic N) is 3. The lowest BCUT2D eigenvalue weighted by molar-refractivity contribution is -0.141. The van der Waals surface area contributed by atoms with Gasteiger partial charge in [-0.05, 0) is 30.5 Å². The molecule has 3 rings (SSSR count). The highest BCUT2D eigenvalue weighted by molar-refractivity contribution is 5.72. The van der Waals surface area contributed by atoms with Crippen LogP contribution >= 0.6 is 0 Å². The number of aryl methyl sites for hydroxylation is 1. The molecular weight excluding hydrogens is 286 g/mol. The maximum absolute atomic E-state index is 12.4. The summed E-state index contributed by atoms with van der Waals surface area (Å²) < 4.78 is 7.74. The van der Waals surface area contributed by atoms with Gasteiger partial charge in [0.2, 0.25) is 0 Å². The van der Waals surface area contributed by atoms with E-state index in [1.54, 1.807) is 7.11 Å². The van der Waals surface area contributed by atoms with Crippen molar-refractivity contribution in [2.75, 3.05) is 7.11 Å². The van der Waals surface area contributed by atoms with Gasteiger partial charge in [0.05, 0.1) is 13.7 Å². The molecule has 0 aliphatic carbocycles. The summed E-state index contributed by atoms with van der Waals surface area (Å²) in [5.41, 5.74) is 0.545. The molecule has 0 saturated carbocycles. The molecule has 1 N–H and O–H groups in total. The third kappa shape index (κ3) is 2.49. The molecule has 1 atom stereocenters. The van der Waals surface area contributed by atoms with E-state index in [1.807, 2.05) is 24.3 Å². The average molecular weight is 303 g/mol. The van der Waals surface area contributed by atoms with Crippen molar-refractivity contribution in [3.8, 4) is 5.75 Å². The highest BCUT2D eigenvalue weighted by Crippen LogP contribution is 2.22. The van der Waals surface area contributed by atoms with E-state index < -0.39 is 12.0 Å². The first-order chi connectivity index (χ1) is 10.6. The molecule has 1 aromatic heterocycles. The second-order valence-electron chi connectivity index (χ2n) is 5.32. The van der Waals surface area contributed by atoms with Gasteiger partial charge in [0, 0.05) is 6.42 Å². The van der Waals surface area contributed by atoms with E-state index in [2.05, 4.69) is 5.10 Å². The molecule has 0 radical (unpaired) electrons. The van der Waals surface area contributed by atoms with Gasteiger partial charge in [0.25, 0.3) is 0 Å². The second-order valence-corrected chi connectivity index (χ2v) is 5.32. The Morgan fingerprint density at radius 1 is 1.41 bits per heavy atom. The minimum absolute atomic E-state index is 0.315. The number of aromatic nitrogens is 3. The molecule has 0 fully saturated rings. The molecule has 0 spiro atoms. The van der Waals surface area contributed by atoms with Crippen molar-refractivity contribution in [1.82, 2.24) is 14.3 Å². The van der Waals surface area contributed by atoms with Crippen LogP contribution in [0, 0.1) is 0 Å². The van der Waals surface area contributed by atoms with Crippen LogP contribution in [0.2, 0.25) is 0 Å². The highest BCUT2D eigenvalue weighted by atomic mass is 16.5. The Bertz CT molecular complexity index is 745. The molecule has 2 heterocycles. The SMILES string of the molecule is COc1ccc(Cn2nc3n(c2=O)[C@@H](C(=O)O)CCC3)cc1. The van der Waals surface area contributed by atoms with Crippen LogP contribution in [-0.2, 0) is 17.8 Å². The monoisotopic (exact) mass is 303 g/mol. The molecule has 22 heavy (non-hydrogen) atoms. The summed E-state index contributed by atoms with van der Waals surface area (Å²) in [4.78, 5) is 23.7. The maximum atomic E-state index is 12.4. The van der Waals surface area contributed by atoms with Crippen molar-refractivity contribution in [3.05, 3.63) is 46.1 Å². The molecule has 1 aromatic carbocycles. The number of benzene rings is 1. The van der Waals surface area contributed by atoms with Gasteiger partial charge >= 0.3 is 11.7 Å². The molecule has 2 aromatic rings. The van der Waals surface area contributed by atoms with Gasteiger partial charge in [0.1, 0.15) is 17.6 Å². The smallest absolute Gasteiger partial charge is 0.347 e. The van der Waals surface area contributed by atoms with Crippen molar-refractivity contribution < 1.29 is 14.6 Å². The van der Waals surface area contributed by atoms with E-state index in [0.29, 0.717) is 25.2 Å². The Kier molecular flexibility index (Phi) is 3.70. The minimum atomic E-state index is -0.980. The molecule has 7 heteroatoms. The first-order valence-corrected chi connectivity index (χ1v) is 7.14. The summed E-state index contributed by atoms with van der Waals surface area (Å²) in [6, 6.07) is 6.55. The number of hydrogen-bond acceptors (Lipinski definition) is 4. The van der Waals surface area contributed by atoms with E-state index in [9.17, 15) is 14.7 Å². The van der Waals surface area contributed by atoms with Crippen LogP contribution < -0.4 is 10.4 Å². The van der Waals surface area contributed by atoms with Gasteiger partial charge < -0.3 is 9.84 Å². The zero-order valence-corrected chi connectivity index (χ0v) is 12.2. The number of aliphatic carboxylic acids is 1. The summed E-state index contributed by atoms with van der Waals surface area (Å²) in [7, 11) is 1.59. The van der Waals surface area contributed by atoms with Gasteiger partial charge in [-0.3, -0.25) is 4.57 Å². The molecule has 0 bridgehead atoms. The normalized spacial score (nSPS) is 17.0. The summed E-state index contributed by atoms with van der Waals surface area (Å²) >= 11 is 0. The predicted molar refractivity (Wildman–Crippen MR) is 78.2 cm³/mol. The van der Waals surface area contributed by atoms with E-state index in [1.165, 1.54) is 9.25 Å². The van der Waals surface area contributed by atoms with Crippen LogP contribution in [0.3, 0.4) is 0 Å². The number of ether oxygens (including phenoxy) is 1. The van der Waals surface area contributed by atoms with Crippen LogP contribution in [0.1, 0.15) is 30.3 Å². The third-order valence-corrected chi connectivity index (χ3v) is 3.91. The quantitative estimate of drug-likeness (QED) is 0.913. The number of fused-ring (bicyclic) bond motifs is 1. The van der Waals surface area contributed by atoms with Crippen LogP contribution in [-0.4, -0.2) is 32.5 Å². The molecule has 0 saturated heterocycles. The summed E-state index contributed by atoms with van der Waals surface area (Å²) in [5, 5.41) is 13.5. The molecule has 1 aliphatic rings. The fourth-order valence-corrected chi connectivity index (χ4v) is 2.77. The molecule has 0 amide bonds. The number of carbonyl (C=O) groups is 1. The Morgan fingerprint density at radius 3 is 2.77 bits per heavy atom. The van der Waals surface area contributed by atoms with Gasteiger partial charge in [-0.25, -0.2) is 14.3 Å². The largest absolute Gasteiger partial charge is 0.497 e. The fraction of sp³-hybridized carbons (Fsp3) is 0.400. The number of carboxylic acid groups (broad SMARTS) is 1. The zero-order chi connectivity index (χ0) is 15.7. The van der Waals surface area contributed by atoms with E-state index in [0.717, 1.165) is 17.7 Å². The van der Waals surface area contributed by atoms with Crippen molar-refractivity contribution in [2.24, 2.45) is 0 Å². The van der Waals surface area contributed by atoms with Gasteiger partial charge in [-0.2, -0.15) is 5.10 Å².